The maximum atomic E-state index is 13.1. The van der Waals surface area contributed by atoms with Gasteiger partial charge in [-0.2, -0.15) is 0 Å². The molecule has 2 heteroatoms. The Hall–Kier alpha value is -1.05. The van der Waals surface area contributed by atoms with Gasteiger partial charge in [0.2, 0.25) is 0 Å². The van der Waals surface area contributed by atoms with Crippen molar-refractivity contribution in [1.82, 2.24) is 0 Å². The van der Waals surface area contributed by atoms with Crippen LogP contribution in [0.5, 0.6) is 5.75 Å². The molecule has 1 aromatic rings. The lowest BCUT2D eigenvalue weighted by Gasteiger charge is -2.13. The number of alkyl halides is 1. The Morgan fingerprint density at radius 1 is 1.23 bits per heavy atom. The van der Waals surface area contributed by atoms with Crippen LogP contribution in [0.1, 0.15) is 25.8 Å². The Balaban J connectivity index is 2.51. The third-order valence-electron chi connectivity index (χ3n) is 1.94. The Labute approximate surface area is 78.2 Å². The molecule has 13 heavy (non-hydrogen) atoms. The van der Waals surface area contributed by atoms with Crippen molar-refractivity contribution >= 4 is 0 Å². The fraction of sp³-hybridized carbons (Fsp3) is 0.455. The summed E-state index contributed by atoms with van der Waals surface area (Å²) >= 11 is 0. The van der Waals surface area contributed by atoms with Gasteiger partial charge in [0.15, 0.2) is 0 Å². The van der Waals surface area contributed by atoms with E-state index < -0.39 is 5.67 Å². The largest absolute Gasteiger partial charge is 0.508 e. The number of rotatable bonds is 3. The van der Waals surface area contributed by atoms with Crippen LogP contribution in [-0.2, 0) is 6.42 Å². The Kier molecular flexibility index (Phi) is 2.91. The zero-order valence-electron chi connectivity index (χ0n) is 8.05. The highest BCUT2D eigenvalue weighted by Gasteiger charge is 2.14. The van der Waals surface area contributed by atoms with E-state index in [9.17, 15) is 4.39 Å². The van der Waals surface area contributed by atoms with Crippen LogP contribution in [0.25, 0.3) is 0 Å². The third kappa shape index (κ3) is 3.92. The van der Waals surface area contributed by atoms with Crippen molar-refractivity contribution in [2.24, 2.45) is 0 Å². The number of halogens is 1. The van der Waals surface area contributed by atoms with Gasteiger partial charge in [0.25, 0.3) is 0 Å². The molecule has 72 valence electrons. The van der Waals surface area contributed by atoms with Gasteiger partial charge in [-0.1, -0.05) is 12.1 Å². The first kappa shape index (κ1) is 10.0. The summed E-state index contributed by atoms with van der Waals surface area (Å²) in [6, 6.07) is 6.89. The Morgan fingerprint density at radius 3 is 2.23 bits per heavy atom. The number of aryl methyl sites for hydroxylation is 1. The first-order valence-corrected chi connectivity index (χ1v) is 4.44. The average molecular weight is 182 g/mol. The Morgan fingerprint density at radius 2 is 1.77 bits per heavy atom. The van der Waals surface area contributed by atoms with Gasteiger partial charge in [-0.05, 0) is 44.4 Å². The first-order valence-electron chi connectivity index (χ1n) is 4.44. The van der Waals surface area contributed by atoms with E-state index in [4.69, 9.17) is 5.11 Å². The van der Waals surface area contributed by atoms with Crippen molar-refractivity contribution in [3.63, 3.8) is 0 Å². The third-order valence-corrected chi connectivity index (χ3v) is 1.94. The summed E-state index contributed by atoms with van der Waals surface area (Å²) < 4.78 is 13.1. The number of benzene rings is 1. The summed E-state index contributed by atoms with van der Waals surface area (Å²) in [4.78, 5) is 0. The van der Waals surface area contributed by atoms with Crippen LogP contribution in [-0.4, -0.2) is 10.8 Å². The molecule has 1 rings (SSSR count). The summed E-state index contributed by atoms with van der Waals surface area (Å²) in [5.74, 6) is 0.253. The molecule has 0 bridgehead atoms. The monoisotopic (exact) mass is 182 g/mol. The smallest absolute Gasteiger partial charge is 0.115 e. The van der Waals surface area contributed by atoms with Gasteiger partial charge in [0.1, 0.15) is 11.4 Å². The molecule has 0 saturated carbocycles. The molecule has 0 aliphatic carbocycles. The van der Waals surface area contributed by atoms with Gasteiger partial charge in [-0.3, -0.25) is 0 Å². The lowest BCUT2D eigenvalue weighted by Crippen LogP contribution is -2.12. The number of aromatic hydroxyl groups is 1. The number of phenols is 1. The Bertz CT molecular complexity index is 258. The second kappa shape index (κ2) is 3.77. The van der Waals surface area contributed by atoms with Gasteiger partial charge < -0.3 is 5.11 Å². The maximum absolute atomic E-state index is 13.1. The summed E-state index contributed by atoms with van der Waals surface area (Å²) in [7, 11) is 0. The van der Waals surface area contributed by atoms with Crippen LogP contribution in [0, 0.1) is 0 Å². The van der Waals surface area contributed by atoms with Crippen LogP contribution in [0.3, 0.4) is 0 Å². The highest BCUT2D eigenvalue weighted by molar-refractivity contribution is 5.25. The molecule has 0 fully saturated rings. The highest BCUT2D eigenvalue weighted by atomic mass is 19.1. The molecule has 1 nitrogen and oxygen atoms in total. The molecule has 1 N–H and O–H groups in total. The molecule has 0 amide bonds. The highest BCUT2D eigenvalue weighted by Crippen LogP contribution is 2.18. The minimum absolute atomic E-state index is 0.253. The fourth-order valence-electron chi connectivity index (χ4n) is 1.10. The molecule has 0 saturated heterocycles. The van der Waals surface area contributed by atoms with Gasteiger partial charge in [-0.25, -0.2) is 4.39 Å². The van der Waals surface area contributed by atoms with Gasteiger partial charge in [-0.15, -0.1) is 0 Å². The molecule has 0 aliphatic rings. The van der Waals surface area contributed by atoms with Crippen molar-refractivity contribution in [2.75, 3.05) is 0 Å². The molecule has 0 spiro atoms. The fourth-order valence-corrected chi connectivity index (χ4v) is 1.10. The van der Waals surface area contributed by atoms with E-state index in [0.717, 1.165) is 5.56 Å². The van der Waals surface area contributed by atoms with Gasteiger partial charge >= 0.3 is 0 Å². The van der Waals surface area contributed by atoms with E-state index in [1.165, 1.54) is 0 Å². The van der Waals surface area contributed by atoms with E-state index in [-0.39, 0.29) is 5.75 Å². The van der Waals surface area contributed by atoms with Crippen molar-refractivity contribution in [2.45, 2.75) is 32.4 Å². The van der Waals surface area contributed by atoms with Crippen molar-refractivity contribution in [3.05, 3.63) is 29.8 Å². The van der Waals surface area contributed by atoms with Crippen LogP contribution < -0.4 is 0 Å². The second-order valence-corrected chi connectivity index (χ2v) is 3.89. The predicted octanol–water partition coefficient (Wildman–Crippen LogP) is 3.07. The van der Waals surface area contributed by atoms with E-state index >= 15 is 0 Å². The topological polar surface area (TPSA) is 20.2 Å². The maximum Gasteiger partial charge on any atom is 0.115 e. The zero-order valence-corrected chi connectivity index (χ0v) is 8.05. The lowest BCUT2D eigenvalue weighted by atomic mass is 10.0. The molecule has 1 aromatic carbocycles. The van der Waals surface area contributed by atoms with E-state index in [1.807, 2.05) is 12.1 Å². The molecule has 0 aliphatic heterocycles. The molecule has 0 radical (unpaired) electrons. The minimum Gasteiger partial charge on any atom is -0.508 e. The molecule has 0 atom stereocenters. The van der Waals surface area contributed by atoms with Crippen LogP contribution in [0.15, 0.2) is 24.3 Å². The summed E-state index contributed by atoms with van der Waals surface area (Å²) in [6.45, 7) is 3.15. The lowest BCUT2D eigenvalue weighted by molar-refractivity contribution is 0.202. The van der Waals surface area contributed by atoms with E-state index in [1.54, 1.807) is 26.0 Å². The first-order chi connectivity index (χ1) is 5.97. The molecule has 0 heterocycles. The van der Waals surface area contributed by atoms with Crippen molar-refractivity contribution in [3.8, 4) is 5.75 Å². The average Bonchev–Trinajstić information content (AvgIpc) is 2.02. The van der Waals surface area contributed by atoms with Crippen molar-refractivity contribution < 1.29 is 9.50 Å². The summed E-state index contributed by atoms with van der Waals surface area (Å²) in [5.41, 5.74) is -0.0544. The van der Waals surface area contributed by atoms with E-state index in [0.29, 0.717) is 12.8 Å². The summed E-state index contributed by atoms with van der Waals surface area (Å²) in [5, 5.41) is 9.01. The number of phenolic OH excluding ortho intramolecular Hbond substituents is 1. The normalized spacial score (nSPS) is 11.6. The predicted molar refractivity (Wildman–Crippen MR) is 51.6 cm³/mol. The molecular formula is C11H15FO. The zero-order chi connectivity index (χ0) is 9.90. The standard InChI is InChI=1S/C11H15FO/c1-11(2,12)8-7-9-3-5-10(13)6-4-9/h3-6,13H,7-8H2,1-2H3. The van der Waals surface area contributed by atoms with Gasteiger partial charge in [0.05, 0.1) is 0 Å². The quantitative estimate of drug-likeness (QED) is 0.761. The minimum atomic E-state index is -1.11. The molecule has 0 unspecified atom stereocenters. The van der Waals surface area contributed by atoms with Crippen LogP contribution >= 0.6 is 0 Å². The van der Waals surface area contributed by atoms with E-state index in [2.05, 4.69) is 0 Å². The van der Waals surface area contributed by atoms with Crippen LogP contribution in [0.4, 0.5) is 4.39 Å². The second-order valence-electron chi connectivity index (χ2n) is 3.89. The molecular weight excluding hydrogens is 167 g/mol. The van der Waals surface area contributed by atoms with Crippen LogP contribution in [0.2, 0.25) is 0 Å². The number of hydrogen-bond donors (Lipinski definition) is 1. The SMILES string of the molecule is CC(C)(F)CCc1ccc(O)cc1. The number of hydrogen-bond acceptors (Lipinski definition) is 1. The van der Waals surface area contributed by atoms with Crippen molar-refractivity contribution in [1.29, 1.82) is 0 Å². The molecule has 0 aromatic heterocycles. The van der Waals surface area contributed by atoms with Gasteiger partial charge in [0, 0.05) is 0 Å². The summed E-state index contributed by atoms with van der Waals surface area (Å²) in [6.07, 6.45) is 1.22.